The Morgan fingerprint density at radius 3 is 1.20 bits per heavy atom. The maximum atomic E-state index is 13.2. The van der Waals surface area contributed by atoms with E-state index in [1.165, 1.54) is 199 Å². The van der Waals surface area contributed by atoms with E-state index in [-0.39, 0.29) is 12.8 Å². The molecule has 1 fully saturated rings. The molecule has 9 atom stereocenters. The lowest BCUT2D eigenvalue weighted by molar-refractivity contribution is -0.303. The van der Waals surface area contributed by atoms with Crippen LogP contribution in [0.25, 0.3) is 0 Å². The molecule has 1 rings (SSSR count). The van der Waals surface area contributed by atoms with Crippen molar-refractivity contribution in [2.45, 2.75) is 345 Å². The zero-order chi connectivity index (χ0) is 54.0. The van der Waals surface area contributed by atoms with Crippen molar-refractivity contribution in [2.24, 2.45) is 0 Å². The number of carbonyl (C=O) groups is 1. The van der Waals surface area contributed by atoms with Gasteiger partial charge in [-0.3, -0.25) is 4.79 Å². The zero-order valence-corrected chi connectivity index (χ0v) is 47.8. The van der Waals surface area contributed by atoms with Crippen LogP contribution in [0.3, 0.4) is 0 Å². The van der Waals surface area contributed by atoms with Crippen molar-refractivity contribution >= 4 is 5.91 Å². The maximum Gasteiger partial charge on any atom is 0.249 e. The average Bonchev–Trinajstić information content (AvgIpc) is 3.40. The summed E-state index contributed by atoms with van der Waals surface area (Å²) in [5.41, 5.74) is 0. The molecule has 1 heterocycles. The first kappa shape index (κ1) is 70.3. The first-order chi connectivity index (χ1) is 36.2. The van der Waals surface area contributed by atoms with Crippen LogP contribution in [0, 0.1) is 0 Å². The summed E-state index contributed by atoms with van der Waals surface area (Å²) in [5.74, 6) is -0.709. The van der Waals surface area contributed by atoms with E-state index >= 15 is 0 Å². The summed E-state index contributed by atoms with van der Waals surface area (Å²) in [4.78, 5) is 13.2. The fourth-order valence-electron chi connectivity index (χ4n) is 10.1. The van der Waals surface area contributed by atoms with Gasteiger partial charge in [-0.05, 0) is 64.2 Å². The Hall–Kier alpha value is -1.67. The van der Waals surface area contributed by atoms with Crippen LogP contribution in [0.4, 0.5) is 0 Å². The molecule has 0 radical (unpaired) electrons. The normalized spacial score (nSPS) is 20.0. The lowest BCUT2D eigenvalue weighted by Gasteiger charge is -2.40. The van der Waals surface area contributed by atoms with Crippen LogP contribution in [-0.4, -0.2) is 110 Å². The fraction of sp³-hybridized carbons (Fsp3) is 0.889. The number of allylic oxidation sites excluding steroid dienone is 6. The Morgan fingerprint density at radius 2 is 0.811 bits per heavy atom. The minimum atomic E-state index is -1.67. The molecule has 0 saturated carbocycles. The predicted octanol–water partition coefficient (Wildman–Crippen LogP) is 13.9. The predicted molar refractivity (Wildman–Crippen MR) is 307 cm³/mol. The van der Waals surface area contributed by atoms with Gasteiger partial charge in [-0.15, -0.1) is 0 Å². The Labute approximate surface area is 454 Å². The molecule has 1 amide bonds. The summed E-state index contributed by atoms with van der Waals surface area (Å²) < 4.78 is 11.1. The highest BCUT2D eigenvalue weighted by Gasteiger charge is 2.44. The second kappa shape index (κ2) is 52.1. The van der Waals surface area contributed by atoms with Crippen molar-refractivity contribution in [1.29, 1.82) is 0 Å². The molecule has 0 bridgehead atoms. The first-order valence-electron chi connectivity index (χ1n) is 31.4. The molecule has 0 aliphatic carbocycles. The smallest absolute Gasteiger partial charge is 0.249 e. The second-order valence-electron chi connectivity index (χ2n) is 22.1. The van der Waals surface area contributed by atoms with Crippen LogP contribution in [0.15, 0.2) is 36.5 Å². The minimum absolute atomic E-state index is 0.243. The molecule has 11 heteroatoms. The highest BCUT2D eigenvalue weighted by molar-refractivity contribution is 5.80. The van der Waals surface area contributed by atoms with Crippen molar-refractivity contribution in [3.8, 4) is 0 Å². The quantitative estimate of drug-likeness (QED) is 0.0215. The lowest BCUT2D eigenvalue weighted by atomic mass is 9.98. The molecule has 0 spiro atoms. The minimum Gasteiger partial charge on any atom is -0.394 e. The number of rotatable bonds is 54. The van der Waals surface area contributed by atoms with Gasteiger partial charge in [0, 0.05) is 0 Å². The average molecular weight is 1050 g/mol. The van der Waals surface area contributed by atoms with E-state index < -0.39 is 74.2 Å². The maximum absolute atomic E-state index is 13.2. The summed E-state index contributed by atoms with van der Waals surface area (Å²) in [6.45, 7) is 3.46. The van der Waals surface area contributed by atoms with Gasteiger partial charge in [0.05, 0.1) is 25.4 Å². The molecule has 74 heavy (non-hydrogen) atoms. The molecule has 436 valence electrons. The molecule has 9 unspecified atom stereocenters. The summed E-state index contributed by atoms with van der Waals surface area (Å²) in [6, 6.07) is -1.19. The van der Waals surface area contributed by atoms with Crippen molar-refractivity contribution in [3.05, 3.63) is 36.5 Å². The largest absolute Gasteiger partial charge is 0.394 e. The van der Waals surface area contributed by atoms with Gasteiger partial charge >= 0.3 is 0 Å². The standard InChI is InChI=1S/C63H119NO10/c1-3-5-7-9-11-13-15-17-19-21-22-23-24-25-26-27-28-29-30-31-32-33-34-35-37-38-40-42-44-46-48-50-55(66)58(68)54(53-73-63-61(71)60(70)59(69)57(52-65)74-63)64-62(72)56(67)51-49-47-45-43-41-39-36-20-18-16-14-12-10-8-6-4-2/h31-32,35,37,42,44,54-61,63,65-71H,3-30,33-34,36,38-41,43,45-53H2,1-2H3,(H,64,72)/b32-31+,37-35+,44-42+. The Morgan fingerprint density at radius 1 is 0.459 bits per heavy atom. The van der Waals surface area contributed by atoms with E-state index in [9.17, 15) is 40.5 Å². The number of ether oxygens (including phenoxy) is 2. The lowest BCUT2D eigenvalue weighted by Crippen LogP contribution is -2.60. The topological polar surface area (TPSA) is 189 Å². The molecule has 11 nitrogen and oxygen atoms in total. The molecule has 0 aromatic rings. The van der Waals surface area contributed by atoms with Crippen molar-refractivity contribution in [2.75, 3.05) is 13.2 Å². The van der Waals surface area contributed by atoms with E-state index in [2.05, 4.69) is 55.6 Å². The third kappa shape index (κ3) is 39.7. The summed E-state index contributed by atoms with van der Waals surface area (Å²) in [7, 11) is 0. The van der Waals surface area contributed by atoms with Crippen LogP contribution in [0.1, 0.15) is 290 Å². The van der Waals surface area contributed by atoms with Gasteiger partial charge < -0.3 is 50.5 Å². The van der Waals surface area contributed by atoms with Crippen molar-refractivity contribution in [1.82, 2.24) is 5.32 Å². The summed E-state index contributed by atoms with van der Waals surface area (Å²) >= 11 is 0. The molecule has 1 aliphatic heterocycles. The number of amides is 1. The van der Waals surface area contributed by atoms with Crippen LogP contribution in [-0.2, 0) is 14.3 Å². The third-order valence-electron chi connectivity index (χ3n) is 15.2. The van der Waals surface area contributed by atoms with Crippen LogP contribution in [0.5, 0.6) is 0 Å². The van der Waals surface area contributed by atoms with E-state index in [0.717, 1.165) is 44.9 Å². The molecule has 0 aromatic carbocycles. The number of hydrogen-bond acceptors (Lipinski definition) is 10. The van der Waals surface area contributed by atoms with Gasteiger partial charge in [0.2, 0.25) is 5.91 Å². The SMILES string of the molecule is CCCCCCCCCCCCCCCCCCCC/C=C/CC/C=C/CC/C=C/CCCC(O)C(O)C(COC1OC(CO)C(O)C(O)C1O)NC(=O)C(O)CCCCCCCCCCCCCCCCCC. The van der Waals surface area contributed by atoms with Gasteiger partial charge in [0.1, 0.15) is 36.6 Å². The van der Waals surface area contributed by atoms with Gasteiger partial charge in [-0.1, -0.05) is 262 Å². The number of aliphatic hydroxyl groups is 7. The molecule has 0 aromatic heterocycles. The molecule has 1 aliphatic rings. The fourth-order valence-corrected chi connectivity index (χ4v) is 10.1. The summed E-state index contributed by atoms with van der Waals surface area (Å²) in [5, 5.41) is 76.2. The van der Waals surface area contributed by atoms with Gasteiger partial charge in [0.25, 0.3) is 0 Å². The van der Waals surface area contributed by atoms with E-state index in [4.69, 9.17) is 9.47 Å². The van der Waals surface area contributed by atoms with Gasteiger partial charge in [-0.2, -0.15) is 0 Å². The number of nitrogens with one attached hydrogen (secondary N) is 1. The monoisotopic (exact) mass is 1050 g/mol. The highest BCUT2D eigenvalue weighted by Crippen LogP contribution is 2.23. The van der Waals surface area contributed by atoms with E-state index in [1.54, 1.807) is 0 Å². The number of aliphatic hydroxyl groups excluding tert-OH is 7. The Balaban J connectivity index is 2.27. The van der Waals surface area contributed by atoms with Gasteiger partial charge in [0.15, 0.2) is 6.29 Å². The molecular weight excluding hydrogens is 931 g/mol. The summed E-state index contributed by atoms with van der Waals surface area (Å²) in [6.07, 6.45) is 53.6. The van der Waals surface area contributed by atoms with Gasteiger partial charge in [-0.25, -0.2) is 0 Å². The molecule has 1 saturated heterocycles. The second-order valence-corrected chi connectivity index (χ2v) is 22.1. The molecule has 8 N–H and O–H groups in total. The zero-order valence-electron chi connectivity index (χ0n) is 47.8. The molecular formula is C63H119NO10. The van der Waals surface area contributed by atoms with Crippen LogP contribution in [0.2, 0.25) is 0 Å². The highest BCUT2D eigenvalue weighted by atomic mass is 16.7. The number of hydrogen-bond donors (Lipinski definition) is 8. The van der Waals surface area contributed by atoms with E-state index in [0.29, 0.717) is 19.3 Å². The third-order valence-corrected chi connectivity index (χ3v) is 15.2. The van der Waals surface area contributed by atoms with E-state index in [1.807, 2.05) is 0 Å². The number of unbranched alkanes of at least 4 members (excludes halogenated alkanes) is 36. The van der Waals surface area contributed by atoms with Crippen LogP contribution >= 0.6 is 0 Å². The van der Waals surface area contributed by atoms with Crippen molar-refractivity contribution in [3.63, 3.8) is 0 Å². The van der Waals surface area contributed by atoms with Crippen molar-refractivity contribution < 1.29 is 50.0 Å². The Kier molecular flexibility index (Phi) is 49.5. The number of carbonyl (C=O) groups excluding carboxylic acids is 1. The Bertz CT molecular complexity index is 1300. The first-order valence-corrected chi connectivity index (χ1v) is 31.4. The van der Waals surface area contributed by atoms with Crippen LogP contribution < -0.4 is 5.32 Å².